The van der Waals surface area contributed by atoms with Crippen LogP contribution in [-0.2, 0) is 0 Å². The van der Waals surface area contributed by atoms with Crippen LogP contribution >= 0.6 is 0 Å². The molecule has 22 heavy (non-hydrogen) atoms. The molecule has 3 rings (SSSR count). The zero-order chi connectivity index (χ0) is 15.4. The van der Waals surface area contributed by atoms with Crippen LogP contribution in [-0.4, -0.2) is 31.9 Å². The molecule has 0 saturated carbocycles. The van der Waals surface area contributed by atoms with Crippen LogP contribution in [0.3, 0.4) is 0 Å². The molecule has 1 fully saturated rings. The van der Waals surface area contributed by atoms with E-state index in [1.165, 1.54) is 16.8 Å². The van der Waals surface area contributed by atoms with Crippen molar-refractivity contribution in [1.29, 1.82) is 0 Å². The number of aliphatic hydroxyl groups is 1. The summed E-state index contributed by atoms with van der Waals surface area (Å²) in [5.41, 5.74) is 0. The van der Waals surface area contributed by atoms with Gasteiger partial charge in [0.15, 0.2) is 0 Å². The highest BCUT2D eigenvalue weighted by Crippen LogP contribution is 2.20. The van der Waals surface area contributed by atoms with Crippen molar-refractivity contribution in [3.8, 4) is 0 Å². The van der Waals surface area contributed by atoms with Gasteiger partial charge in [0.05, 0.1) is 6.10 Å². The minimum Gasteiger partial charge on any atom is -0.392 e. The fourth-order valence-electron chi connectivity index (χ4n) is 3.61. The van der Waals surface area contributed by atoms with Crippen LogP contribution in [0.15, 0.2) is 60.7 Å². The Balaban J connectivity index is 1.93. The first-order valence-corrected chi connectivity index (χ1v) is 10.9. The van der Waals surface area contributed by atoms with Crippen LogP contribution in [0.5, 0.6) is 0 Å². The lowest BCUT2D eigenvalue weighted by molar-refractivity contribution is 0.153. The summed E-state index contributed by atoms with van der Waals surface area (Å²) < 4.78 is 0. The molecule has 2 nitrogen and oxygen atoms in total. The molecule has 0 aromatic heterocycles. The lowest BCUT2D eigenvalue weighted by atomic mass is 10.1. The normalized spacial score (nSPS) is 20.0. The zero-order valence-electron chi connectivity index (χ0n) is 13.2. The number of hydrogen-bond donors (Lipinski definition) is 2. The average Bonchev–Trinajstić information content (AvgIpc) is 3.11. The molecule has 0 radical (unpaired) electrons. The summed E-state index contributed by atoms with van der Waals surface area (Å²) >= 11 is 0. The largest absolute Gasteiger partial charge is 0.392 e. The maximum absolute atomic E-state index is 10.8. The van der Waals surface area contributed by atoms with Crippen LogP contribution in [0.1, 0.15) is 12.8 Å². The molecule has 1 aliphatic rings. The van der Waals surface area contributed by atoms with Crippen LogP contribution < -0.4 is 15.7 Å². The third-order valence-corrected chi connectivity index (χ3v) is 9.45. The molecule has 0 unspecified atom stereocenters. The minimum atomic E-state index is -1.92. The average molecular weight is 312 g/mol. The van der Waals surface area contributed by atoms with E-state index in [0.717, 1.165) is 19.0 Å². The Bertz CT molecular complexity index is 541. The fraction of sp³-hybridized carbons (Fsp3) is 0.368. The van der Waals surface area contributed by atoms with Crippen molar-refractivity contribution in [1.82, 2.24) is 5.32 Å². The molecule has 2 atom stereocenters. The summed E-state index contributed by atoms with van der Waals surface area (Å²) in [5.74, 6) is 0. The van der Waals surface area contributed by atoms with E-state index in [1.807, 2.05) is 0 Å². The summed E-state index contributed by atoms with van der Waals surface area (Å²) in [6.45, 7) is 3.42. The molecule has 3 heteroatoms. The van der Waals surface area contributed by atoms with Gasteiger partial charge >= 0.3 is 0 Å². The van der Waals surface area contributed by atoms with Gasteiger partial charge in [-0.2, -0.15) is 0 Å². The Hall–Kier alpha value is -1.42. The predicted octanol–water partition coefficient (Wildman–Crippen LogP) is 1.99. The van der Waals surface area contributed by atoms with E-state index in [-0.39, 0.29) is 12.1 Å². The van der Waals surface area contributed by atoms with Gasteiger partial charge < -0.3 is 10.4 Å². The van der Waals surface area contributed by atoms with Crippen molar-refractivity contribution in [3.05, 3.63) is 60.7 Å². The van der Waals surface area contributed by atoms with E-state index in [2.05, 4.69) is 72.5 Å². The lowest BCUT2D eigenvalue weighted by Crippen LogP contribution is -2.58. The molecular formula is C19H25NOSi. The second kappa shape index (κ2) is 6.78. The van der Waals surface area contributed by atoms with Crippen molar-refractivity contribution in [2.75, 3.05) is 6.54 Å². The van der Waals surface area contributed by atoms with Gasteiger partial charge in [0.2, 0.25) is 0 Å². The van der Waals surface area contributed by atoms with E-state index in [0.29, 0.717) is 0 Å². The van der Waals surface area contributed by atoms with Gasteiger partial charge in [0, 0.05) is 6.04 Å². The quantitative estimate of drug-likeness (QED) is 0.828. The Labute approximate surface area is 134 Å². The van der Waals surface area contributed by atoms with Gasteiger partial charge in [-0.15, -0.1) is 0 Å². The number of benzene rings is 2. The van der Waals surface area contributed by atoms with Crippen molar-refractivity contribution >= 4 is 18.4 Å². The second-order valence-electron chi connectivity index (χ2n) is 6.54. The van der Waals surface area contributed by atoms with Gasteiger partial charge in [0.25, 0.3) is 0 Å². The molecule has 1 saturated heterocycles. The minimum absolute atomic E-state index is 0.263. The van der Waals surface area contributed by atoms with Crippen molar-refractivity contribution in [2.24, 2.45) is 0 Å². The van der Waals surface area contributed by atoms with Gasteiger partial charge in [-0.05, 0) is 25.4 Å². The summed E-state index contributed by atoms with van der Waals surface area (Å²) in [7, 11) is -1.92. The molecule has 0 aliphatic carbocycles. The van der Waals surface area contributed by atoms with E-state index in [1.54, 1.807) is 0 Å². The number of nitrogens with one attached hydrogen (secondary N) is 1. The molecule has 0 bridgehead atoms. The van der Waals surface area contributed by atoms with Crippen molar-refractivity contribution in [2.45, 2.75) is 37.6 Å². The van der Waals surface area contributed by atoms with Crippen LogP contribution in [0.4, 0.5) is 0 Å². The first-order chi connectivity index (χ1) is 10.7. The third kappa shape index (κ3) is 3.17. The molecule has 116 valence electrons. The molecule has 1 aliphatic heterocycles. The molecule has 2 aromatic carbocycles. The first-order valence-electron chi connectivity index (χ1n) is 8.23. The maximum atomic E-state index is 10.8. The Kier molecular flexibility index (Phi) is 4.77. The van der Waals surface area contributed by atoms with E-state index in [9.17, 15) is 5.11 Å². The SMILES string of the molecule is C[Si](C[C@@H](O)[C@H]1CCCN1)(c1ccccc1)c1ccccc1. The predicted molar refractivity (Wildman–Crippen MR) is 95.6 cm³/mol. The topological polar surface area (TPSA) is 32.3 Å². The molecule has 0 amide bonds. The zero-order valence-corrected chi connectivity index (χ0v) is 14.2. The Morgan fingerprint density at radius 1 is 1.05 bits per heavy atom. The molecular weight excluding hydrogens is 286 g/mol. The van der Waals surface area contributed by atoms with Gasteiger partial charge in [-0.25, -0.2) is 0 Å². The van der Waals surface area contributed by atoms with Gasteiger partial charge in [-0.3, -0.25) is 0 Å². The second-order valence-corrected chi connectivity index (χ2v) is 10.8. The third-order valence-electron chi connectivity index (χ3n) is 5.00. The van der Waals surface area contributed by atoms with Crippen LogP contribution in [0, 0.1) is 0 Å². The van der Waals surface area contributed by atoms with Crippen LogP contribution in [0.25, 0.3) is 0 Å². The summed E-state index contributed by atoms with van der Waals surface area (Å²) in [6.07, 6.45) is 2.01. The fourth-order valence-corrected chi connectivity index (χ4v) is 7.40. The summed E-state index contributed by atoms with van der Waals surface area (Å²) in [4.78, 5) is 0. The van der Waals surface area contributed by atoms with E-state index < -0.39 is 8.07 Å². The number of rotatable bonds is 5. The lowest BCUT2D eigenvalue weighted by Gasteiger charge is -2.33. The van der Waals surface area contributed by atoms with Crippen molar-refractivity contribution in [3.63, 3.8) is 0 Å². The molecule has 2 aromatic rings. The first kappa shape index (κ1) is 15.5. The van der Waals surface area contributed by atoms with E-state index >= 15 is 0 Å². The highest BCUT2D eigenvalue weighted by atomic mass is 28.3. The summed E-state index contributed by atoms with van der Waals surface area (Å²) in [6, 6.07) is 22.7. The monoisotopic (exact) mass is 311 g/mol. The number of aliphatic hydroxyl groups excluding tert-OH is 1. The smallest absolute Gasteiger partial charge is 0.117 e. The standard InChI is InChI=1S/C19H25NOSi/c1-22(16-9-4-2-5-10-16,17-11-6-3-7-12-17)15-19(21)18-13-8-14-20-18/h2-7,9-12,18-21H,8,13-15H2,1H3/t18-,19-/m1/s1. The molecule has 1 heterocycles. The molecule has 2 N–H and O–H groups in total. The van der Waals surface area contributed by atoms with Crippen molar-refractivity contribution < 1.29 is 5.11 Å². The Morgan fingerprint density at radius 2 is 1.59 bits per heavy atom. The van der Waals surface area contributed by atoms with Crippen LogP contribution in [0.2, 0.25) is 12.6 Å². The van der Waals surface area contributed by atoms with E-state index in [4.69, 9.17) is 0 Å². The summed E-state index contributed by atoms with van der Waals surface area (Å²) in [5, 5.41) is 17.0. The molecule has 0 spiro atoms. The van der Waals surface area contributed by atoms with Gasteiger partial charge in [-0.1, -0.05) is 77.6 Å². The highest BCUT2D eigenvalue weighted by molar-refractivity contribution is 7.01. The highest BCUT2D eigenvalue weighted by Gasteiger charge is 2.36. The van der Waals surface area contributed by atoms with Gasteiger partial charge in [0.1, 0.15) is 8.07 Å². The maximum Gasteiger partial charge on any atom is 0.117 e. The number of hydrogen-bond acceptors (Lipinski definition) is 2. The Morgan fingerprint density at radius 3 is 2.05 bits per heavy atom.